The van der Waals surface area contributed by atoms with Crippen LogP contribution in [0.1, 0.15) is 16.7 Å². The summed E-state index contributed by atoms with van der Waals surface area (Å²) >= 11 is 1.55. The maximum atomic E-state index is 12.8. The summed E-state index contributed by atoms with van der Waals surface area (Å²) < 4.78 is 12.8. The first-order valence-electron chi connectivity index (χ1n) is 6.51. The Morgan fingerprint density at radius 3 is 2.40 bits per heavy atom. The lowest BCUT2D eigenvalue weighted by Gasteiger charge is -2.05. The van der Waals surface area contributed by atoms with Crippen molar-refractivity contribution in [1.82, 2.24) is 0 Å². The summed E-state index contributed by atoms with van der Waals surface area (Å²) in [5.41, 5.74) is 3.35. The summed E-state index contributed by atoms with van der Waals surface area (Å²) in [6.45, 7) is 4.14. The number of hydrogen-bond acceptors (Lipinski definition) is 2. The first kappa shape index (κ1) is 14.8. The summed E-state index contributed by atoms with van der Waals surface area (Å²) in [6, 6.07) is 12.3. The number of aryl methyl sites for hydroxylation is 2. The van der Waals surface area contributed by atoms with E-state index in [9.17, 15) is 9.18 Å². The first-order valence-corrected chi connectivity index (χ1v) is 7.49. The molecule has 2 aromatic carbocycles. The van der Waals surface area contributed by atoms with Crippen LogP contribution in [0.25, 0.3) is 0 Å². The van der Waals surface area contributed by atoms with Gasteiger partial charge < -0.3 is 0 Å². The van der Waals surface area contributed by atoms with E-state index in [1.165, 1.54) is 23.3 Å². The molecule has 0 bridgehead atoms. The Hall–Kier alpha value is -1.61. The molecule has 1 nitrogen and oxygen atoms in total. The minimum Gasteiger partial charge on any atom is -0.298 e. The minimum atomic E-state index is -0.272. The number of hydrogen-bond donors (Lipinski definition) is 0. The number of rotatable bonds is 5. The van der Waals surface area contributed by atoms with Crippen molar-refractivity contribution in [1.29, 1.82) is 0 Å². The highest BCUT2D eigenvalue weighted by Crippen LogP contribution is 2.21. The van der Waals surface area contributed by atoms with E-state index in [-0.39, 0.29) is 11.6 Å². The second kappa shape index (κ2) is 6.71. The molecule has 20 heavy (non-hydrogen) atoms. The van der Waals surface area contributed by atoms with Crippen LogP contribution in [0.4, 0.5) is 4.39 Å². The molecule has 0 saturated heterocycles. The van der Waals surface area contributed by atoms with Gasteiger partial charge >= 0.3 is 0 Å². The van der Waals surface area contributed by atoms with Gasteiger partial charge in [-0.3, -0.25) is 4.79 Å². The van der Waals surface area contributed by atoms with Crippen LogP contribution in [-0.4, -0.2) is 11.5 Å². The van der Waals surface area contributed by atoms with Gasteiger partial charge in [-0.2, -0.15) is 0 Å². The van der Waals surface area contributed by atoms with Gasteiger partial charge in [0, 0.05) is 11.3 Å². The average molecular weight is 288 g/mol. The van der Waals surface area contributed by atoms with Gasteiger partial charge in [0.2, 0.25) is 0 Å². The Labute approximate surface area is 123 Å². The molecule has 0 radical (unpaired) electrons. The van der Waals surface area contributed by atoms with Crippen molar-refractivity contribution in [2.24, 2.45) is 0 Å². The van der Waals surface area contributed by atoms with Crippen molar-refractivity contribution in [2.75, 3.05) is 5.75 Å². The molecule has 0 heterocycles. The minimum absolute atomic E-state index is 0.153. The summed E-state index contributed by atoms with van der Waals surface area (Å²) in [5.74, 6) is 0.324. The highest BCUT2D eigenvalue weighted by atomic mass is 32.2. The van der Waals surface area contributed by atoms with Crippen LogP contribution >= 0.6 is 11.8 Å². The number of carbonyl (C=O) groups excluding carboxylic acids is 1. The lowest BCUT2D eigenvalue weighted by atomic mass is 10.1. The third kappa shape index (κ3) is 4.20. The van der Waals surface area contributed by atoms with Crippen LogP contribution < -0.4 is 0 Å². The van der Waals surface area contributed by atoms with E-state index in [0.29, 0.717) is 12.2 Å². The molecule has 0 unspecified atom stereocenters. The van der Waals surface area contributed by atoms with Crippen LogP contribution in [0.5, 0.6) is 0 Å². The van der Waals surface area contributed by atoms with Gasteiger partial charge in [0.15, 0.2) is 0 Å². The monoisotopic (exact) mass is 288 g/mol. The molecular weight excluding hydrogens is 271 g/mol. The Morgan fingerprint density at radius 1 is 1.05 bits per heavy atom. The van der Waals surface area contributed by atoms with E-state index in [2.05, 4.69) is 26.0 Å². The fraction of sp³-hybridized carbons (Fsp3) is 0.235. The summed E-state index contributed by atoms with van der Waals surface area (Å²) in [4.78, 5) is 13.0. The molecule has 0 atom stereocenters. The van der Waals surface area contributed by atoms with E-state index >= 15 is 0 Å². The van der Waals surface area contributed by atoms with Gasteiger partial charge in [-0.05, 0) is 54.8 Å². The van der Waals surface area contributed by atoms with Gasteiger partial charge in [-0.25, -0.2) is 4.39 Å². The van der Waals surface area contributed by atoms with Crippen LogP contribution in [0.15, 0.2) is 47.4 Å². The number of Topliss-reactive ketones (excluding diaryl/α,β-unsaturated/α-hetero) is 1. The quantitative estimate of drug-likeness (QED) is 0.761. The zero-order chi connectivity index (χ0) is 14.5. The molecule has 0 N–H and O–H groups in total. The fourth-order valence-electron chi connectivity index (χ4n) is 1.85. The Balaban J connectivity index is 1.88. The van der Waals surface area contributed by atoms with E-state index in [1.54, 1.807) is 23.9 Å². The van der Waals surface area contributed by atoms with E-state index in [1.807, 2.05) is 6.07 Å². The maximum absolute atomic E-state index is 12.8. The van der Waals surface area contributed by atoms with Crippen molar-refractivity contribution < 1.29 is 9.18 Å². The molecule has 0 aromatic heterocycles. The topological polar surface area (TPSA) is 17.1 Å². The van der Waals surface area contributed by atoms with Crippen LogP contribution in [-0.2, 0) is 11.2 Å². The smallest absolute Gasteiger partial charge is 0.147 e. The van der Waals surface area contributed by atoms with Crippen molar-refractivity contribution in [3.05, 3.63) is 65.0 Å². The normalized spacial score (nSPS) is 10.6. The molecule has 0 aliphatic carbocycles. The van der Waals surface area contributed by atoms with E-state index in [0.717, 1.165) is 10.5 Å². The third-order valence-corrected chi connectivity index (χ3v) is 4.25. The molecule has 0 aliphatic heterocycles. The SMILES string of the molecule is Cc1ccc(SCC(=O)Cc2ccc(F)cc2)cc1C. The molecule has 0 saturated carbocycles. The molecule has 0 aliphatic rings. The second-order valence-corrected chi connectivity index (χ2v) is 5.93. The van der Waals surface area contributed by atoms with Crippen molar-refractivity contribution in [3.8, 4) is 0 Å². The third-order valence-electron chi connectivity index (χ3n) is 3.19. The van der Waals surface area contributed by atoms with Gasteiger partial charge in [-0.1, -0.05) is 18.2 Å². The number of thioether (sulfide) groups is 1. The molecule has 2 rings (SSSR count). The lowest BCUT2D eigenvalue weighted by Crippen LogP contribution is -2.05. The van der Waals surface area contributed by atoms with Gasteiger partial charge in [0.05, 0.1) is 5.75 Å². The Kier molecular flexibility index (Phi) is 4.96. The fourth-order valence-corrected chi connectivity index (χ4v) is 2.70. The highest BCUT2D eigenvalue weighted by Gasteiger charge is 2.06. The number of ketones is 1. The number of benzene rings is 2. The van der Waals surface area contributed by atoms with Crippen LogP contribution in [0.2, 0.25) is 0 Å². The van der Waals surface area contributed by atoms with Crippen molar-refractivity contribution in [3.63, 3.8) is 0 Å². The largest absolute Gasteiger partial charge is 0.298 e. The van der Waals surface area contributed by atoms with E-state index < -0.39 is 0 Å². The lowest BCUT2D eigenvalue weighted by molar-refractivity contribution is -0.116. The Morgan fingerprint density at radius 2 is 1.75 bits per heavy atom. The highest BCUT2D eigenvalue weighted by molar-refractivity contribution is 8.00. The standard InChI is InChI=1S/C17H17FOS/c1-12-3-8-17(9-13(12)2)20-11-16(19)10-14-4-6-15(18)7-5-14/h3-9H,10-11H2,1-2H3. The van der Waals surface area contributed by atoms with Crippen LogP contribution in [0, 0.1) is 19.7 Å². The molecule has 0 amide bonds. The first-order chi connectivity index (χ1) is 9.54. The molecular formula is C17H17FOS. The predicted molar refractivity (Wildman–Crippen MR) is 81.8 cm³/mol. The summed E-state index contributed by atoms with van der Waals surface area (Å²) in [7, 11) is 0. The summed E-state index contributed by atoms with van der Waals surface area (Å²) in [5, 5.41) is 0. The molecule has 3 heteroatoms. The average Bonchev–Trinajstić information content (AvgIpc) is 2.43. The van der Waals surface area contributed by atoms with E-state index in [4.69, 9.17) is 0 Å². The number of halogens is 1. The molecule has 0 spiro atoms. The molecule has 104 valence electrons. The molecule has 0 fully saturated rings. The van der Waals surface area contributed by atoms with Gasteiger partial charge in [0.25, 0.3) is 0 Å². The number of carbonyl (C=O) groups is 1. The zero-order valence-electron chi connectivity index (χ0n) is 11.7. The molecule has 2 aromatic rings. The van der Waals surface area contributed by atoms with Crippen LogP contribution in [0.3, 0.4) is 0 Å². The van der Waals surface area contributed by atoms with Crippen molar-refractivity contribution >= 4 is 17.5 Å². The second-order valence-electron chi connectivity index (χ2n) is 4.88. The van der Waals surface area contributed by atoms with Crippen molar-refractivity contribution in [2.45, 2.75) is 25.2 Å². The van der Waals surface area contributed by atoms with Gasteiger partial charge in [-0.15, -0.1) is 11.8 Å². The Bertz CT molecular complexity index is 605. The maximum Gasteiger partial charge on any atom is 0.147 e. The predicted octanol–water partition coefficient (Wildman–Crippen LogP) is 4.35. The van der Waals surface area contributed by atoms with Gasteiger partial charge in [0.1, 0.15) is 11.6 Å². The summed E-state index contributed by atoms with van der Waals surface area (Å²) in [6.07, 6.45) is 0.359. The zero-order valence-corrected chi connectivity index (χ0v) is 12.5.